The van der Waals surface area contributed by atoms with Crippen LogP contribution in [0.4, 0.5) is 10.1 Å². The van der Waals surface area contributed by atoms with Crippen molar-refractivity contribution < 1.29 is 17.6 Å². The summed E-state index contributed by atoms with van der Waals surface area (Å²) in [5, 5.41) is 2.62. The maximum atomic E-state index is 12.8. The van der Waals surface area contributed by atoms with E-state index in [1.807, 2.05) is 0 Å². The van der Waals surface area contributed by atoms with Crippen molar-refractivity contribution in [3.63, 3.8) is 0 Å². The number of para-hydroxylation sites is 1. The molecule has 2 rings (SSSR count). The van der Waals surface area contributed by atoms with Crippen LogP contribution in [0.15, 0.2) is 54.6 Å². The second kappa shape index (κ2) is 7.23. The lowest BCUT2D eigenvalue weighted by atomic mass is 10.2. The summed E-state index contributed by atoms with van der Waals surface area (Å²) >= 11 is 0. The topological polar surface area (TPSA) is 66.5 Å². The molecule has 5 nitrogen and oxygen atoms in total. The molecule has 0 aromatic heterocycles. The lowest BCUT2D eigenvalue weighted by Gasteiger charge is -2.21. The van der Waals surface area contributed by atoms with E-state index in [0.717, 1.165) is 16.1 Å². The molecule has 0 atom stereocenters. The average molecular weight is 336 g/mol. The normalized spacial score (nSPS) is 11.0. The highest BCUT2D eigenvalue weighted by molar-refractivity contribution is 7.92. The molecule has 2 aromatic rings. The summed E-state index contributed by atoms with van der Waals surface area (Å²) in [5.41, 5.74) is 1.15. The first kappa shape index (κ1) is 17.0. The minimum Gasteiger partial charge on any atom is -0.350 e. The van der Waals surface area contributed by atoms with E-state index in [9.17, 15) is 17.6 Å². The second-order valence-electron chi connectivity index (χ2n) is 5.01. The molecule has 0 aliphatic rings. The van der Waals surface area contributed by atoms with E-state index < -0.39 is 15.9 Å². The largest absolute Gasteiger partial charge is 0.350 e. The zero-order valence-corrected chi connectivity index (χ0v) is 13.4. The van der Waals surface area contributed by atoms with Crippen molar-refractivity contribution in [2.45, 2.75) is 6.54 Å². The summed E-state index contributed by atoms with van der Waals surface area (Å²) in [5.74, 6) is -0.795. The van der Waals surface area contributed by atoms with Crippen molar-refractivity contribution in [1.82, 2.24) is 5.32 Å². The van der Waals surface area contributed by atoms with Gasteiger partial charge in [-0.15, -0.1) is 0 Å². The molecule has 23 heavy (non-hydrogen) atoms. The quantitative estimate of drug-likeness (QED) is 0.876. The molecule has 0 saturated carbocycles. The summed E-state index contributed by atoms with van der Waals surface area (Å²) in [6, 6.07) is 14.1. The number of sulfonamides is 1. The number of amides is 1. The van der Waals surface area contributed by atoms with E-state index in [-0.39, 0.29) is 18.9 Å². The number of nitrogens with zero attached hydrogens (tertiary/aromatic N) is 1. The van der Waals surface area contributed by atoms with Crippen LogP contribution in [0.5, 0.6) is 0 Å². The fourth-order valence-corrected chi connectivity index (χ4v) is 2.84. The van der Waals surface area contributed by atoms with E-state index in [2.05, 4.69) is 5.32 Å². The summed E-state index contributed by atoms with van der Waals surface area (Å²) in [7, 11) is -3.58. The molecule has 122 valence electrons. The van der Waals surface area contributed by atoms with Crippen LogP contribution < -0.4 is 9.62 Å². The minimum absolute atomic E-state index is 0.200. The molecule has 0 saturated heterocycles. The second-order valence-corrected chi connectivity index (χ2v) is 6.92. The molecule has 0 bridgehead atoms. The molecule has 7 heteroatoms. The van der Waals surface area contributed by atoms with Crippen LogP contribution in [0, 0.1) is 5.82 Å². The molecule has 0 aliphatic carbocycles. The minimum atomic E-state index is -3.58. The Hall–Kier alpha value is -2.41. The molecule has 1 amide bonds. The van der Waals surface area contributed by atoms with Crippen molar-refractivity contribution in [2.24, 2.45) is 0 Å². The molecule has 0 spiro atoms. The van der Waals surface area contributed by atoms with Crippen LogP contribution in [0.2, 0.25) is 0 Å². The van der Waals surface area contributed by atoms with E-state index in [0.29, 0.717) is 5.69 Å². The third-order valence-corrected chi connectivity index (χ3v) is 4.28. The lowest BCUT2D eigenvalue weighted by Crippen LogP contribution is -2.40. The predicted octanol–water partition coefficient (Wildman–Crippen LogP) is 1.91. The Bertz CT molecular complexity index is 762. The van der Waals surface area contributed by atoms with Crippen LogP contribution in [0.25, 0.3) is 0 Å². The third kappa shape index (κ3) is 5.07. The standard InChI is InChI=1S/C16H17FN2O3S/c1-23(21,22)19(15-5-3-2-4-6-15)12-16(20)18-11-13-7-9-14(17)10-8-13/h2-10H,11-12H2,1H3,(H,18,20). The smallest absolute Gasteiger partial charge is 0.241 e. The first-order valence-corrected chi connectivity index (χ1v) is 8.75. The van der Waals surface area contributed by atoms with E-state index in [1.54, 1.807) is 42.5 Å². The highest BCUT2D eigenvalue weighted by Gasteiger charge is 2.20. The number of rotatable bonds is 6. The maximum absolute atomic E-state index is 12.8. The number of halogens is 1. The van der Waals surface area contributed by atoms with Crippen LogP contribution in [-0.4, -0.2) is 27.1 Å². The number of carbonyl (C=O) groups is 1. The number of benzene rings is 2. The summed E-state index contributed by atoms with van der Waals surface area (Å²) in [6.45, 7) is -0.116. The van der Waals surface area contributed by atoms with Gasteiger partial charge in [-0.3, -0.25) is 9.10 Å². The van der Waals surface area contributed by atoms with Crippen LogP contribution in [0.1, 0.15) is 5.56 Å². The van der Waals surface area contributed by atoms with Crippen LogP contribution in [-0.2, 0) is 21.4 Å². The Kier molecular flexibility index (Phi) is 5.33. The van der Waals surface area contributed by atoms with Gasteiger partial charge < -0.3 is 5.32 Å². The van der Waals surface area contributed by atoms with Gasteiger partial charge in [-0.25, -0.2) is 12.8 Å². The number of hydrogen-bond donors (Lipinski definition) is 1. The van der Waals surface area contributed by atoms with Gasteiger partial charge in [0.05, 0.1) is 11.9 Å². The van der Waals surface area contributed by atoms with Gasteiger partial charge in [0, 0.05) is 6.54 Å². The lowest BCUT2D eigenvalue weighted by molar-refractivity contribution is -0.119. The van der Waals surface area contributed by atoms with Crippen LogP contribution >= 0.6 is 0 Å². The molecule has 0 heterocycles. The first-order valence-electron chi connectivity index (χ1n) is 6.90. The molecule has 0 fully saturated rings. The van der Waals surface area contributed by atoms with Gasteiger partial charge in [-0.2, -0.15) is 0 Å². The Balaban J connectivity index is 2.02. The van der Waals surface area contributed by atoms with Gasteiger partial charge in [0.25, 0.3) is 0 Å². The number of carbonyl (C=O) groups excluding carboxylic acids is 1. The number of nitrogens with one attached hydrogen (secondary N) is 1. The van der Waals surface area contributed by atoms with E-state index >= 15 is 0 Å². The first-order chi connectivity index (χ1) is 10.9. The molecule has 1 N–H and O–H groups in total. The summed E-state index contributed by atoms with van der Waals surface area (Å²) in [4.78, 5) is 12.0. The molecular weight excluding hydrogens is 319 g/mol. The molecule has 0 aliphatic heterocycles. The van der Waals surface area contributed by atoms with E-state index in [1.165, 1.54) is 12.1 Å². The zero-order valence-electron chi connectivity index (χ0n) is 12.6. The highest BCUT2D eigenvalue weighted by Crippen LogP contribution is 2.16. The molecule has 0 radical (unpaired) electrons. The maximum Gasteiger partial charge on any atom is 0.241 e. The average Bonchev–Trinajstić information content (AvgIpc) is 2.52. The van der Waals surface area contributed by atoms with Crippen molar-refractivity contribution in [2.75, 3.05) is 17.1 Å². The zero-order chi connectivity index (χ0) is 16.9. The van der Waals surface area contributed by atoms with Crippen molar-refractivity contribution in [1.29, 1.82) is 0 Å². The monoisotopic (exact) mass is 336 g/mol. The summed E-state index contributed by atoms with van der Waals surface area (Å²) in [6.07, 6.45) is 1.05. The van der Waals surface area contributed by atoms with Crippen LogP contribution in [0.3, 0.4) is 0 Å². The Morgan fingerprint density at radius 1 is 1.09 bits per heavy atom. The number of anilines is 1. The fraction of sp³-hybridized carbons (Fsp3) is 0.188. The molecular formula is C16H17FN2O3S. The van der Waals surface area contributed by atoms with Crippen molar-refractivity contribution in [3.05, 3.63) is 66.0 Å². The van der Waals surface area contributed by atoms with Gasteiger partial charge in [-0.05, 0) is 29.8 Å². The Morgan fingerprint density at radius 2 is 1.70 bits per heavy atom. The van der Waals surface area contributed by atoms with Gasteiger partial charge in [0.2, 0.25) is 15.9 Å². The Morgan fingerprint density at radius 3 is 2.26 bits per heavy atom. The van der Waals surface area contributed by atoms with Crippen molar-refractivity contribution in [3.8, 4) is 0 Å². The van der Waals surface area contributed by atoms with Crippen molar-refractivity contribution >= 4 is 21.6 Å². The predicted molar refractivity (Wildman–Crippen MR) is 86.9 cm³/mol. The van der Waals surface area contributed by atoms with Gasteiger partial charge in [-0.1, -0.05) is 30.3 Å². The SMILES string of the molecule is CS(=O)(=O)N(CC(=O)NCc1ccc(F)cc1)c1ccccc1. The van der Waals surface area contributed by atoms with Gasteiger partial charge in [0.1, 0.15) is 12.4 Å². The number of hydrogen-bond acceptors (Lipinski definition) is 3. The third-order valence-electron chi connectivity index (χ3n) is 3.13. The summed E-state index contributed by atoms with van der Waals surface area (Å²) < 4.78 is 37.6. The van der Waals surface area contributed by atoms with Gasteiger partial charge >= 0.3 is 0 Å². The molecule has 0 unspecified atom stereocenters. The van der Waals surface area contributed by atoms with E-state index in [4.69, 9.17) is 0 Å². The Labute approximate surface area is 134 Å². The fourth-order valence-electron chi connectivity index (χ4n) is 1.98. The van der Waals surface area contributed by atoms with Gasteiger partial charge in [0.15, 0.2) is 0 Å². The highest BCUT2D eigenvalue weighted by atomic mass is 32.2. The molecule has 2 aromatic carbocycles.